The Balaban J connectivity index is 1.66. The molecular formula is C19H19ClN4O4. The predicted molar refractivity (Wildman–Crippen MR) is 106 cm³/mol. The minimum absolute atomic E-state index is 0.0534. The van der Waals surface area contributed by atoms with Crippen LogP contribution in [0.3, 0.4) is 0 Å². The Hall–Kier alpha value is -3.13. The van der Waals surface area contributed by atoms with Gasteiger partial charge >= 0.3 is 0 Å². The molecule has 146 valence electrons. The fourth-order valence-electron chi connectivity index (χ4n) is 3.01. The number of rotatable bonds is 5. The van der Waals surface area contributed by atoms with E-state index in [1.807, 2.05) is 12.1 Å². The lowest BCUT2D eigenvalue weighted by molar-refractivity contribution is -0.384. The Morgan fingerprint density at radius 3 is 2.64 bits per heavy atom. The van der Waals surface area contributed by atoms with Gasteiger partial charge in [0.1, 0.15) is 0 Å². The molecule has 0 spiro atoms. The fourth-order valence-corrected chi connectivity index (χ4v) is 3.33. The van der Waals surface area contributed by atoms with Crippen LogP contribution >= 0.6 is 11.6 Å². The Kier molecular flexibility index (Phi) is 5.79. The van der Waals surface area contributed by atoms with Crippen molar-refractivity contribution < 1.29 is 14.5 Å². The lowest BCUT2D eigenvalue weighted by atomic mass is 10.1. The molecule has 0 radical (unpaired) electrons. The highest BCUT2D eigenvalue weighted by molar-refractivity contribution is 6.33. The van der Waals surface area contributed by atoms with Crippen LogP contribution in [0.5, 0.6) is 0 Å². The lowest BCUT2D eigenvalue weighted by Gasteiger charge is -2.26. The van der Waals surface area contributed by atoms with E-state index in [2.05, 4.69) is 10.6 Å². The number of hydrogen-bond acceptors (Lipinski definition) is 5. The minimum Gasteiger partial charge on any atom is -0.380 e. The number of nitrogens with zero attached hydrogens (tertiary/aromatic N) is 2. The van der Waals surface area contributed by atoms with Crippen molar-refractivity contribution in [2.75, 3.05) is 25.0 Å². The van der Waals surface area contributed by atoms with E-state index >= 15 is 0 Å². The van der Waals surface area contributed by atoms with Gasteiger partial charge in [-0.3, -0.25) is 19.7 Å². The normalized spacial score (nSPS) is 13.8. The van der Waals surface area contributed by atoms with E-state index in [-0.39, 0.29) is 29.1 Å². The SMILES string of the molecule is Cc1cc([N+](=O)[O-])cc(Cl)c1NCc1ccc(C(=O)N2CCNC(=O)C2)cc1. The van der Waals surface area contributed by atoms with E-state index < -0.39 is 4.92 Å². The van der Waals surface area contributed by atoms with Gasteiger partial charge in [-0.25, -0.2) is 0 Å². The number of benzene rings is 2. The van der Waals surface area contributed by atoms with Crippen LogP contribution in [-0.2, 0) is 11.3 Å². The van der Waals surface area contributed by atoms with E-state index in [1.54, 1.807) is 19.1 Å². The molecule has 0 aliphatic carbocycles. The fraction of sp³-hybridized carbons (Fsp3) is 0.263. The number of aryl methyl sites for hydroxylation is 1. The maximum Gasteiger partial charge on any atom is 0.271 e. The van der Waals surface area contributed by atoms with Gasteiger partial charge < -0.3 is 15.5 Å². The van der Waals surface area contributed by atoms with Crippen LogP contribution in [0.4, 0.5) is 11.4 Å². The maximum atomic E-state index is 12.5. The van der Waals surface area contributed by atoms with Crippen molar-refractivity contribution in [3.8, 4) is 0 Å². The first kappa shape index (κ1) is 19.6. The Bertz CT molecular complexity index is 907. The zero-order valence-corrected chi connectivity index (χ0v) is 16.0. The maximum absolute atomic E-state index is 12.5. The quantitative estimate of drug-likeness (QED) is 0.591. The lowest BCUT2D eigenvalue weighted by Crippen LogP contribution is -2.49. The van der Waals surface area contributed by atoms with Gasteiger partial charge in [0.15, 0.2) is 0 Å². The molecule has 3 rings (SSSR count). The Labute approximate surface area is 166 Å². The number of carbonyl (C=O) groups excluding carboxylic acids is 2. The highest BCUT2D eigenvalue weighted by Gasteiger charge is 2.22. The molecule has 2 aromatic carbocycles. The zero-order valence-electron chi connectivity index (χ0n) is 15.2. The van der Waals surface area contributed by atoms with E-state index in [4.69, 9.17) is 11.6 Å². The number of nitro groups is 1. The summed E-state index contributed by atoms with van der Waals surface area (Å²) in [6, 6.07) is 9.85. The average molecular weight is 403 g/mol. The number of amides is 2. The van der Waals surface area contributed by atoms with Crippen molar-refractivity contribution in [2.24, 2.45) is 0 Å². The summed E-state index contributed by atoms with van der Waals surface area (Å²) < 4.78 is 0. The zero-order chi connectivity index (χ0) is 20.3. The number of non-ortho nitro benzene ring substituents is 1. The highest BCUT2D eigenvalue weighted by Crippen LogP contribution is 2.31. The number of carbonyl (C=O) groups is 2. The number of anilines is 1. The molecule has 28 heavy (non-hydrogen) atoms. The van der Waals surface area contributed by atoms with E-state index in [0.29, 0.717) is 36.4 Å². The summed E-state index contributed by atoms with van der Waals surface area (Å²) in [5.74, 6) is -0.334. The van der Waals surface area contributed by atoms with Gasteiger partial charge in [-0.2, -0.15) is 0 Å². The summed E-state index contributed by atoms with van der Waals surface area (Å²) in [4.78, 5) is 35.8. The van der Waals surface area contributed by atoms with Crippen LogP contribution in [0.2, 0.25) is 5.02 Å². The molecule has 0 unspecified atom stereocenters. The van der Waals surface area contributed by atoms with Gasteiger partial charge in [-0.1, -0.05) is 23.7 Å². The standard InChI is InChI=1S/C19H19ClN4O4/c1-12-8-15(24(27)28)9-16(20)18(12)22-10-13-2-4-14(5-3-13)19(26)23-7-6-21-17(25)11-23/h2-5,8-9,22H,6-7,10-11H2,1H3,(H,21,25). The predicted octanol–water partition coefficient (Wildman–Crippen LogP) is 2.74. The molecule has 9 heteroatoms. The van der Waals surface area contributed by atoms with Crippen molar-refractivity contribution in [1.82, 2.24) is 10.2 Å². The van der Waals surface area contributed by atoms with Crippen LogP contribution in [0.25, 0.3) is 0 Å². The number of nitrogens with one attached hydrogen (secondary N) is 2. The summed E-state index contributed by atoms with van der Waals surface area (Å²) >= 11 is 6.16. The van der Waals surface area contributed by atoms with Gasteiger partial charge in [0, 0.05) is 37.3 Å². The monoisotopic (exact) mass is 402 g/mol. The van der Waals surface area contributed by atoms with Crippen LogP contribution in [0.15, 0.2) is 36.4 Å². The molecule has 2 aromatic rings. The number of nitro benzene ring substituents is 1. The molecule has 2 N–H and O–H groups in total. The average Bonchev–Trinajstić information content (AvgIpc) is 2.67. The van der Waals surface area contributed by atoms with Crippen LogP contribution in [-0.4, -0.2) is 41.3 Å². The molecule has 1 saturated heterocycles. The molecule has 0 aromatic heterocycles. The summed E-state index contributed by atoms with van der Waals surface area (Å²) in [5.41, 5.74) is 2.69. The first-order valence-corrected chi connectivity index (χ1v) is 9.06. The second-order valence-corrected chi connectivity index (χ2v) is 6.91. The molecular weight excluding hydrogens is 384 g/mol. The second-order valence-electron chi connectivity index (χ2n) is 6.50. The summed E-state index contributed by atoms with van der Waals surface area (Å²) in [5, 5.41) is 17.0. The molecule has 1 heterocycles. The third-order valence-electron chi connectivity index (χ3n) is 4.48. The smallest absolute Gasteiger partial charge is 0.271 e. The van der Waals surface area contributed by atoms with Gasteiger partial charge in [-0.05, 0) is 30.2 Å². The van der Waals surface area contributed by atoms with E-state index in [0.717, 1.165) is 5.56 Å². The first-order valence-electron chi connectivity index (χ1n) is 8.68. The van der Waals surface area contributed by atoms with Crippen LogP contribution < -0.4 is 10.6 Å². The third kappa shape index (κ3) is 4.40. The molecule has 0 saturated carbocycles. The summed E-state index contributed by atoms with van der Waals surface area (Å²) in [7, 11) is 0. The molecule has 1 fully saturated rings. The van der Waals surface area contributed by atoms with Gasteiger partial charge in [-0.15, -0.1) is 0 Å². The highest BCUT2D eigenvalue weighted by atomic mass is 35.5. The Morgan fingerprint density at radius 1 is 1.32 bits per heavy atom. The van der Waals surface area contributed by atoms with Crippen LogP contribution in [0, 0.1) is 17.0 Å². The van der Waals surface area contributed by atoms with Crippen molar-refractivity contribution in [3.05, 3.63) is 68.2 Å². The topological polar surface area (TPSA) is 105 Å². The number of piperazine rings is 1. The minimum atomic E-state index is -0.482. The Morgan fingerprint density at radius 2 is 2.04 bits per heavy atom. The summed E-state index contributed by atoms with van der Waals surface area (Å²) in [6.07, 6.45) is 0. The third-order valence-corrected chi connectivity index (χ3v) is 4.78. The number of halogens is 1. The molecule has 8 nitrogen and oxygen atoms in total. The van der Waals surface area contributed by atoms with Crippen LogP contribution in [0.1, 0.15) is 21.5 Å². The van der Waals surface area contributed by atoms with E-state index in [1.165, 1.54) is 17.0 Å². The molecule has 0 bridgehead atoms. The number of hydrogen-bond donors (Lipinski definition) is 2. The largest absolute Gasteiger partial charge is 0.380 e. The first-order chi connectivity index (χ1) is 13.3. The van der Waals surface area contributed by atoms with Gasteiger partial charge in [0.05, 0.1) is 22.2 Å². The summed E-state index contributed by atoms with van der Waals surface area (Å²) in [6.45, 7) is 3.21. The van der Waals surface area contributed by atoms with Crippen molar-refractivity contribution in [2.45, 2.75) is 13.5 Å². The molecule has 1 aliphatic heterocycles. The molecule has 0 atom stereocenters. The van der Waals surface area contributed by atoms with Crippen molar-refractivity contribution >= 4 is 34.8 Å². The van der Waals surface area contributed by atoms with Gasteiger partial charge in [0.2, 0.25) is 5.91 Å². The van der Waals surface area contributed by atoms with Crippen molar-refractivity contribution in [3.63, 3.8) is 0 Å². The van der Waals surface area contributed by atoms with E-state index in [9.17, 15) is 19.7 Å². The van der Waals surface area contributed by atoms with Gasteiger partial charge in [0.25, 0.3) is 11.6 Å². The molecule has 1 aliphatic rings. The van der Waals surface area contributed by atoms with Crippen molar-refractivity contribution in [1.29, 1.82) is 0 Å². The second kappa shape index (κ2) is 8.26. The molecule has 2 amide bonds.